The van der Waals surface area contributed by atoms with E-state index in [1.165, 1.54) is 0 Å². The zero-order valence-corrected chi connectivity index (χ0v) is 45.1. The molecule has 490 valence electrons. The Labute approximate surface area is 478 Å². The lowest BCUT2D eigenvalue weighted by atomic mass is 9.95. The summed E-state index contributed by atoms with van der Waals surface area (Å²) < 4.78 is 81.3. The van der Waals surface area contributed by atoms with Crippen LogP contribution in [0.15, 0.2) is 0 Å². The molecule has 21 heterocycles. The quantitative estimate of drug-likeness (QED) is 0.0718. The number of nitrogens with two attached hydrogens (primary N) is 1. The summed E-state index contributed by atoms with van der Waals surface area (Å²) in [7, 11) is 0. The van der Waals surface area contributed by atoms with E-state index in [1.54, 1.807) is 0 Å². The van der Waals surface area contributed by atoms with Gasteiger partial charge in [0.05, 0.1) is 39.6 Å². The summed E-state index contributed by atoms with van der Waals surface area (Å²) in [5, 5.41) is 226. The first-order chi connectivity index (χ1) is 40.2. The summed E-state index contributed by atoms with van der Waals surface area (Å²) in [4.78, 5) is 0. The number of aliphatic hydroxyl groups excluding tert-OH is 20. The molecule has 0 aromatic carbocycles. The van der Waals surface area contributed by atoms with E-state index in [0.717, 1.165) is 19.3 Å². The van der Waals surface area contributed by atoms with Crippen molar-refractivity contribution in [1.82, 2.24) is 5.32 Å². The lowest BCUT2D eigenvalue weighted by molar-refractivity contribution is -0.396. The van der Waals surface area contributed by atoms with Gasteiger partial charge in [-0.1, -0.05) is 12.8 Å². The minimum Gasteiger partial charge on any atom is -0.394 e. The summed E-state index contributed by atoms with van der Waals surface area (Å²) in [6.07, 6.45) is -66.0. The average Bonchev–Trinajstić information content (AvgIpc) is 2.01. The van der Waals surface area contributed by atoms with Crippen LogP contribution in [-0.4, -0.2) is 376 Å². The molecule has 21 aliphatic heterocycles. The van der Waals surface area contributed by atoms with E-state index in [9.17, 15) is 102 Å². The van der Waals surface area contributed by atoms with Gasteiger partial charge in [-0.15, -0.1) is 0 Å². The summed E-state index contributed by atoms with van der Waals surface area (Å²) in [6, 6.07) is 0. The fourth-order valence-electron chi connectivity index (χ4n) is 11.4. The molecule has 0 amide bonds. The highest BCUT2D eigenvalue weighted by molar-refractivity contribution is 5.02. The van der Waals surface area contributed by atoms with E-state index in [1.807, 2.05) is 0 Å². The third kappa shape index (κ3) is 14.5. The van der Waals surface area contributed by atoms with Crippen LogP contribution in [0, 0.1) is 0 Å². The van der Waals surface area contributed by atoms with Crippen molar-refractivity contribution in [3.05, 3.63) is 0 Å². The van der Waals surface area contributed by atoms with Gasteiger partial charge in [0.1, 0.15) is 171 Å². The fourth-order valence-corrected chi connectivity index (χ4v) is 11.4. The molecule has 14 bridgehead atoms. The van der Waals surface area contributed by atoms with Crippen LogP contribution in [0.5, 0.6) is 0 Å². The molecule has 0 radical (unpaired) electrons. The maximum absolute atomic E-state index is 11.8. The number of hydrogen-bond acceptors (Lipinski definition) is 36. The summed E-state index contributed by atoms with van der Waals surface area (Å²) >= 11 is 0. The number of hydrogen-bond donors (Lipinski definition) is 22. The van der Waals surface area contributed by atoms with Crippen LogP contribution in [0.25, 0.3) is 0 Å². The fraction of sp³-hybridized carbons (Fsp3) is 1.00. The number of aliphatic hydroxyl groups is 20. The van der Waals surface area contributed by atoms with E-state index in [2.05, 4.69) is 5.32 Å². The Kier molecular flexibility index (Phi) is 24.9. The average molecular weight is 1230 g/mol. The highest BCUT2D eigenvalue weighted by atomic mass is 16.8. The summed E-state index contributed by atoms with van der Waals surface area (Å²) in [6.45, 7) is -5.54. The Balaban J connectivity index is 1.08. The first-order valence-corrected chi connectivity index (χ1v) is 27.9. The number of nitrogens with one attached hydrogen (secondary N) is 1. The SMILES string of the molecule is NCCCCCCNC[C@H]1O[C@@H]2O[C@H]3[C@H](O)[C@@H](O)[C@@H](O[C@H]4[C@H](O)[C@@H](O)[C@@H](O[C@H]5[C@H](O)[C@@H](O)[C@@H](O[C@H]6[C@H](O)[C@@H](O)[C@@H](O[C@H]7[C@H](O)[C@@H](O)[C@@H](O[C@H]8[C@H](O)[C@@H](O)[C@@H](O[C@H]1[C@H](O)[C@H]2O)O[C@@H]8CO)O[C@@H]7CO)O[C@@H]6CO)O[C@@H]5CO)O[C@@H]4CO)O[C@@H]3CO. The number of unbranched alkanes of at least 4 members (excludes halogenated alkanes) is 3. The van der Waals surface area contributed by atoms with Crippen LogP contribution in [0.3, 0.4) is 0 Å². The Hall–Kier alpha value is -1.44. The van der Waals surface area contributed by atoms with Crippen LogP contribution in [0.2, 0.25) is 0 Å². The van der Waals surface area contributed by atoms with Gasteiger partial charge in [-0.3, -0.25) is 0 Å². The zero-order chi connectivity index (χ0) is 61.0. The third-order valence-corrected chi connectivity index (χ3v) is 16.3. The molecule has 36 heteroatoms. The van der Waals surface area contributed by atoms with Crippen molar-refractivity contribution in [2.45, 2.75) is 241 Å². The minimum atomic E-state index is -2.20. The van der Waals surface area contributed by atoms with Gasteiger partial charge in [-0.05, 0) is 25.9 Å². The van der Waals surface area contributed by atoms with E-state index < -0.39 is 255 Å². The highest BCUT2D eigenvalue weighted by Gasteiger charge is 2.59. The highest BCUT2D eigenvalue weighted by Crippen LogP contribution is 2.39. The molecular weight excluding hydrogens is 1150 g/mol. The normalized spacial score (nSPS) is 51.8. The number of rotatable bonds is 14. The second kappa shape index (κ2) is 30.6. The molecule has 0 unspecified atom stereocenters. The molecule has 23 N–H and O–H groups in total. The molecule has 0 aromatic heterocycles. The van der Waals surface area contributed by atoms with Gasteiger partial charge < -0.3 is 179 Å². The van der Waals surface area contributed by atoms with Crippen molar-refractivity contribution in [3.8, 4) is 0 Å². The maximum atomic E-state index is 11.8. The first-order valence-electron chi connectivity index (χ1n) is 27.9. The second-order valence-corrected chi connectivity index (χ2v) is 21.9. The molecule has 21 fully saturated rings. The van der Waals surface area contributed by atoms with Crippen molar-refractivity contribution < 1.29 is 168 Å². The van der Waals surface area contributed by atoms with Crippen molar-refractivity contribution in [2.75, 3.05) is 59.3 Å². The summed E-state index contributed by atoms with van der Waals surface area (Å²) in [5.74, 6) is 0. The van der Waals surface area contributed by atoms with Gasteiger partial charge in [0, 0.05) is 6.54 Å². The van der Waals surface area contributed by atoms with Crippen molar-refractivity contribution in [1.29, 1.82) is 0 Å². The standard InChI is InChI=1S/C48H84N2O34/c49-5-3-1-2-4-6-50-7-14-35-21(57)28(64)42(71-14)79-36-15(8-51)73-44(30(66)23(36)59)81-38-17(10-53)75-46(32(68)25(38)61)83-40-19(12-55)77-48(34(70)27(40)63)84-41-20(13-56)76-47(33(69)26(41)62)82-39-18(11-54)74-45(31(67)24(39)60)80-37-16(9-52)72-43(78-35)29(65)22(37)58/h14-48,50-70H,1-13,49H2/t14-,15-,16-,17-,18-,19-,20-,21-,22-,23-,24-,25-,26-,27-,28-,29-,30-,31-,32-,33-,34-,35-,36-,37-,38-,39-,40-,41-,42-,43-,44-,45-,46-,47-,48-/m1/s1. The molecule has 0 aliphatic carbocycles. The zero-order valence-electron chi connectivity index (χ0n) is 45.1. The van der Waals surface area contributed by atoms with Crippen molar-refractivity contribution in [2.24, 2.45) is 5.73 Å². The van der Waals surface area contributed by atoms with Gasteiger partial charge in [0.25, 0.3) is 0 Å². The smallest absolute Gasteiger partial charge is 0.187 e. The molecule has 21 aliphatic rings. The molecule has 84 heavy (non-hydrogen) atoms. The van der Waals surface area contributed by atoms with Crippen LogP contribution >= 0.6 is 0 Å². The third-order valence-electron chi connectivity index (χ3n) is 16.3. The Bertz CT molecular complexity index is 1950. The molecule has 21 saturated heterocycles. The van der Waals surface area contributed by atoms with E-state index >= 15 is 0 Å². The lowest BCUT2D eigenvalue weighted by Gasteiger charge is -2.50. The van der Waals surface area contributed by atoms with Crippen LogP contribution < -0.4 is 11.1 Å². The van der Waals surface area contributed by atoms with Gasteiger partial charge >= 0.3 is 0 Å². The largest absolute Gasteiger partial charge is 0.394 e. The summed E-state index contributed by atoms with van der Waals surface area (Å²) in [5.41, 5.74) is 5.62. The molecule has 35 atom stereocenters. The topological polar surface area (TPSA) is 572 Å². The first kappa shape index (κ1) is 68.5. The maximum Gasteiger partial charge on any atom is 0.187 e. The van der Waals surface area contributed by atoms with Gasteiger partial charge in [-0.25, -0.2) is 0 Å². The van der Waals surface area contributed by atoms with Crippen molar-refractivity contribution >= 4 is 0 Å². The Morgan fingerprint density at radius 3 is 0.631 bits per heavy atom. The Morgan fingerprint density at radius 2 is 0.429 bits per heavy atom. The predicted octanol–water partition coefficient (Wildman–Crippen LogP) is -14.1. The van der Waals surface area contributed by atoms with Crippen molar-refractivity contribution in [3.63, 3.8) is 0 Å². The molecular formula is C48H84N2O34. The van der Waals surface area contributed by atoms with Gasteiger partial charge in [0.15, 0.2) is 44.0 Å². The molecule has 0 saturated carbocycles. The lowest BCUT2D eigenvalue weighted by Crippen LogP contribution is -2.68. The van der Waals surface area contributed by atoms with Gasteiger partial charge in [-0.2, -0.15) is 0 Å². The van der Waals surface area contributed by atoms with E-state index in [4.69, 9.17) is 72.0 Å². The monoisotopic (exact) mass is 1230 g/mol. The van der Waals surface area contributed by atoms with E-state index in [-0.39, 0.29) is 6.54 Å². The van der Waals surface area contributed by atoms with Crippen LogP contribution in [-0.2, 0) is 66.3 Å². The van der Waals surface area contributed by atoms with Crippen LogP contribution in [0.4, 0.5) is 0 Å². The Morgan fingerprint density at radius 1 is 0.238 bits per heavy atom. The second-order valence-electron chi connectivity index (χ2n) is 21.9. The molecule has 36 nitrogen and oxygen atoms in total. The molecule has 0 spiro atoms. The minimum absolute atomic E-state index is 0.203. The number of ether oxygens (including phenoxy) is 14. The molecule has 21 rings (SSSR count). The predicted molar refractivity (Wildman–Crippen MR) is 262 cm³/mol. The van der Waals surface area contributed by atoms with Gasteiger partial charge in [0.2, 0.25) is 0 Å². The van der Waals surface area contributed by atoms with E-state index in [0.29, 0.717) is 19.5 Å². The molecule has 0 aromatic rings. The van der Waals surface area contributed by atoms with Crippen LogP contribution in [0.1, 0.15) is 25.7 Å².